The van der Waals surface area contributed by atoms with Crippen molar-refractivity contribution in [3.8, 4) is 16.9 Å². The molecule has 0 aliphatic heterocycles. The van der Waals surface area contributed by atoms with E-state index in [1.807, 2.05) is 6.92 Å². The lowest BCUT2D eigenvalue weighted by Crippen LogP contribution is -2.23. The maximum atomic E-state index is 15.0. The first-order valence-corrected chi connectivity index (χ1v) is 12.0. The normalized spacial score (nSPS) is 18.2. The van der Waals surface area contributed by atoms with Gasteiger partial charge < -0.3 is 9.47 Å². The third-order valence-corrected chi connectivity index (χ3v) is 6.67. The summed E-state index contributed by atoms with van der Waals surface area (Å²) in [6, 6.07) is 7.62. The van der Waals surface area contributed by atoms with E-state index in [2.05, 4.69) is 4.74 Å². The van der Waals surface area contributed by atoms with Crippen LogP contribution in [0.2, 0.25) is 0 Å². The third-order valence-electron chi connectivity index (χ3n) is 6.67. The minimum Gasteiger partial charge on any atom is -0.429 e. The number of benzene rings is 3. The Morgan fingerprint density at radius 1 is 0.784 bits per heavy atom. The second-order valence-corrected chi connectivity index (χ2v) is 9.13. The first-order chi connectivity index (χ1) is 17.6. The van der Waals surface area contributed by atoms with Gasteiger partial charge in [-0.3, -0.25) is 0 Å². The third kappa shape index (κ3) is 6.09. The van der Waals surface area contributed by atoms with E-state index < -0.39 is 46.5 Å². The van der Waals surface area contributed by atoms with Gasteiger partial charge in [-0.05, 0) is 73.8 Å². The molecule has 9 heteroatoms. The summed E-state index contributed by atoms with van der Waals surface area (Å²) < 4.78 is 108. The van der Waals surface area contributed by atoms with Crippen molar-refractivity contribution in [2.45, 2.75) is 44.6 Å². The molecule has 0 heterocycles. The molecule has 3 aromatic rings. The molecule has 2 nitrogen and oxygen atoms in total. The van der Waals surface area contributed by atoms with Crippen molar-refractivity contribution in [3.05, 3.63) is 88.7 Å². The molecule has 0 amide bonds. The monoisotopic (exact) mass is 526 g/mol. The molecule has 0 spiro atoms. The molecule has 0 bridgehead atoms. The quantitative estimate of drug-likeness (QED) is 0.217. The predicted octanol–water partition coefficient (Wildman–Crippen LogP) is 8.49. The van der Waals surface area contributed by atoms with E-state index >= 15 is 0 Å². The molecule has 1 fully saturated rings. The fourth-order valence-corrected chi connectivity index (χ4v) is 4.68. The highest BCUT2D eigenvalue weighted by atomic mass is 19.3. The predicted molar refractivity (Wildman–Crippen MR) is 124 cm³/mol. The Hall–Kier alpha value is -3.07. The van der Waals surface area contributed by atoms with E-state index in [4.69, 9.17) is 4.74 Å². The van der Waals surface area contributed by atoms with E-state index in [9.17, 15) is 30.7 Å². The Labute approximate surface area is 210 Å². The molecule has 37 heavy (non-hydrogen) atoms. The van der Waals surface area contributed by atoms with Crippen molar-refractivity contribution in [3.63, 3.8) is 0 Å². The fraction of sp³-hybridized carbons (Fsp3) is 0.357. The maximum Gasteiger partial charge on any atom is 0.429 e. The highest BCUT2D eigenvalue weighted by Crippen LogP contribution is 2.39. The highest BCUT2D eigenvalue weighted by molar-refractivity contribution is 5.65. The smallest absolute Gasteiger partial charge is 0.429 e. The van der Waals surface area contributed by atoms with Crippen LogP contribution in [0.1, 0.15) is 49.7 Å². The van der Waals surface area contributed by atoms with E-state index in [1.54, 1.807) is 6.07 Å². The van der Waals surface area contributed by atoms with Crippen LogP contribution in [0, 0.1) is 35.0 Å². The number of alkyl halides is 2. The van der Waals surface area contributed by atoms with Crippen molar-refractivity contribution in [2.75, 3.05) is 13.2 Å². The van der Waals surface area contributed by atoms with Crippen LogP contribution in [-0.4, -0.2) is 13.2 Å². The van der Waals surface area contributed by atoms with Gasteiger partial charge in [0.1, 0.15) is 17.4 Å². The molecule has 1 aliphatic rings. The number of hydrogen-bond donors (Lipinski definition) is 0. The summed E-state index contributed by atoms with van der Waals surface area (Å²) in [6.45, 7) is 3.35. The van der Waals surface area contributed by atoms with Crippen LogP contribution >= 0.6 is 0 Å². The largest absolute Gasteiger partial charge is 0.429 e. The topological polar surface area (TPSA) is 18.5 Å². The fourth-order valence-electron chi connectivity index (χ4n) is 4.68. The van der Waals surface area contributed by atoms with Gasteiger partial charge in [-0.15, -0.1) is 0 Å². The van der Waals surface area contributed by atoms with E-state index in [0.29, 0.717) is 18.6 Å². The van der Waals surface area contributed by atoms with E-state index in [-0.39, 0.29) is 29.2 Å². The molecule has 0 atom stereocenters. The second-order valence-electron chi connectivity index (χ2n) is 9.13. The van der Waals surface area contributed by atoms with Gasteiger partial charge in [0.25, 0.3) is 0 Å². The Kier molecular flexibility index (Phi) is 8.11. The number of hydrogen-bond acceptors (Lipinski definition) is 2. The summed E-state index contributed by atoms with van der Waals surface area (Å²) in [7, 11) is 0. The summed E-state index contributed by atoms with van der Waals surface area (Å²) in [4.78, 5) is 0. The molecule has 1 saturated carbocycles. The summed E-state index contributed by atoms with van der Waals surface area (Å²) >= 11 is 0. The number of rotatable bonds is 8. The van der Waals surface area contributed by atoms with Gasteiger partial charge in [-0.2, -0.15) is 8.78 Å². The highest BCUT2D eigenvalue weighted by Gasteiger charge is 2.38. The molecule has 0 N–H and O–H groups in total. The molecule has 4 rings (SSSR count). The van der Waals surface area contributed by atoms with Crippen molar-refractivity contribution >= 4 is 0 Å². The Morgan fingerprint density at radius 2 is 1.46 bits per heavy atom. The molecule has 198 valence electrons. The molecular weight excluding hydrogens is 501 g/mol. The van der Waals surface area contributed by atoms with Gasteiger partial charge in [0, 0.05) is 30.9 Å². The van der Waals surface area contributed by atoms with Crippen LogP contribution < -0.4 is 4.74 Å². The first-order valence-electron chi connectivity index (χ1n) is 12.0. The van der Waals surface area contributed by atoms with Gasteiger partial charge in [-0.25, -0.2) is 22.0 Å². The molecule has 0 saturated heterocycles. The molecular formula is C28H25F7O2. The van der Waals surface area contributed by atoms with Gasteiger partial charge in [-0.1, -0.05) is 18.2 Å². The Morgan fingerprint density at radius 3 is 2.05 bits per heavy atom. The lowest BCUT2D eigenvalue weighted by molar-refractivity contribution is -0.187. The average molecular weight is 526 g/mol. The second kappa shape index (κ2) is 11.1. The van der Waals surface area contributed by atoms with Crippen molar-refractivity contribution in [2.24, 2.45) is 5.92 Å². The Balaban J connectivity index is 1.49. The standard InChI is InChI=1S/C28H25F7O2/c1-2-36-15-16-3-5-17(6-4-16)18-7-9-21(23(29)11-18)19-8-10-22(24(30)12-19)28(34,35)37-20-13-25(31)27(33)26(32)14-20/h7-14,16-17H,2-6,15H2,1H3. The van der Waals surface area contributed by atoms with Gasteiger partial charge >= 0.3 is 6.11 Å². The van der Waals surface area contributed by atoms with Gasteiger partial charge in [0.2, 0.25) is 0 Å². The van der Waals surface area contributed by atoms with Crippen LogP contribution in [0.4, 0.5) is 30.7 Å². The molecule has 0 radical (unpaired) electrons. The zero-order valence-corrected chi connectivity index (χ0v) is 20.0. The summed E-state index contributed by atoms with van der Waals surface area (Å²) in [5.41, 5.74) is -0.347. The molecule has 1 aliphatic carbocycles. The minimum atomic E-state index is -4.34. The first kappa shape index (κ1) is 27.0. The molecule has 0 aromatic heterocycles. The SMILES string of the molecule is CCOCC1CCC(c2ccc(-c3ccc(C(F)(F)Oc4cc(F)c(F)c(F)c4)c(F)c3)c(F)c2)CC1. The van der Waals surface area contributed by atoms with Crippen molar-refractivity contribution < 1.29 is 40.2 Å². The summed E-state index contributed by atoms with van der Waals surface area (Å²) in [6.07, 6.45) is -0.585. The lowest BCUT2D eigenvalue weighted by atomic mass is 9.78. The van der Waals surface area contributed by atoms with E-state index in [1.165, 1.54) is 12.1 Å². The number of halogens is 7. The zero-order chi connectivity index (χ0) is 26.7. The lowest BCUT2D eigenvalue weighted by Gasteiger charge is -2.28. The summed E-state index contributed by atoms with van der Waals surface area (Å²) in [5, 5.41) is 0. The zero-order valence-electron chi connectivity index (χ0n) is 20.0. The van der Waals surface area contributed by atoms with Crippen molar-refractivity contribution in [1.29, 1.82) is 0 Å². The Bertz CT molecular complexity index is 1230. The van der Waals surface area contributed by atoms with Crippen LogP contribution in [0.3, 0.4) is 0 Å². The number of ether oxygens (including phenoxy) is 2. The van der Waals surface area contributed by atoms with Crippen LogP contribution in [-0.2, 0) is 10.8 Å². The molecule has 3 aromatic carbocycles. The van der Waals surface area contributed by atoms with Crippen LogP contribution in [0.15, 0.2) is 48.5 Å². The minimum absolute atomic E-state index is 0.0281. The van der Waals surface area contributed by atoms with E-state index in [0.717, 1.165) is 50.0 Å². The molecule has 0 unspecified atom stereocenters. The average Bonchev–Trinajstić information content (AvgIpc) is 2.85. The van der Waals surface area contributed by atoms with Gasteiger partial charge in [0.15, 0.2) is 17.5 Å². The van der Waals surface area contributed by atoms with Gasteiger partial charge in [0.05, 0.1) is 5.56 Å². The van der Waals surface area contributed by atoms with Crippen molar-refractivity contribution in [1.82, 2.24) is 0 Å². The summed E-state index contributed by atoms with van der Waals surface area (Å²) in [5.74, 6) is -7.70. The van der Waals surface area contributed by atoms with Crippen LogP contribution in [0.25, 0.3) is 11.1 Å². The maximum absolute atomic E-state index is 15.0. The van der Waals surface area contributed by atoms with Crippen LogP contribution in [0.5, 0.6) is 5.75 Å².